The second-order valence-corrected chi connectivity index (χ2v) is 4.88. The lowest BCUT2D eigenvalue weighted by molar-refractivity contribution is 0.363. The second-order valence-electron chi connectivity index (χ2n) is 4.88. The first-order chi connectivity index (χ1) is 9.19. The van der Waals surface area contributed by atoms with Crippen LogP contribution >= 0.6 is 0 Å². The van der Waals surface area contributed by atoms with Gasteiger partial charge in [-0.2, -0.15) is 4.98 Å². The Kier molecular flexibility index (Phi) is 4.68. The maximum Gasteiger partial charge on any atom is 0.240 e. The number of aryl methyl sites for hydroxylation is 2. The molecule has 1 N–H and O–H groups in total. The second kappa shape index (κ2) is 6.48. The quantitative estimate of drug-likeness (QED) is 0.810. The van der Waals surface area contributed by atoms with Crippen molar-refractivity contribution in [1.29, 1.82) is 0 Å². The molecule has 1 heterocycles. The van der Waals surface area contributed by atoms with E-state index in [-0.39, 0.29) is 0 Å². The van der Waals surface area contributed by atoms with Crippen molar-refractivity contribution >= 4 is 0 Å². The highest BCUT2D eigenvalue weighted by molar-refractivity contribution is 5.31. The third-order valence-electron chi connectivity index (χ3n) is 3.15. The van der Waals surface area contributed by atoms with Crippen molar-refractivity contribution < 1.29 is 4.52 Å². The SMILES string of the molecule is CCCNCc1nc(Cc2ccc(C)c(C)c2)no1. The van der Waals surface area contributed by atoms with Crippen molar-refractivity contribution in [3.63, 3.8) is 0 Å². The number of nitrogens with zero attached hydrogens (tertiary/aromatic N) is 2. The van der Waals surface area contributed by atoms with E-state index in [4.69, 9.17) is 4.52 Å². The van der Waals surface area contributed by atoms with Crippen LogP contribution < -0.4 is 5.32 Å². The average Bonchev–Trinajstić information content (AvgIpc) is 2.82. The van der Waals surface area contributed by atoms with Gasteiger partial charge in [0.15, 0.2) is 5.82 Å². The zero-order chi connectivity index (χ0) is 13.7. The highest BCUT2D eigenvalue weighted by atomic mass is 16.5. The number of rotatable bonds is 6. The van der Waals surface area contributed by atoms with E-state index in [1.54, 1.807) is 0 Å². The number of aromatic nitrogens is 2. The molecule has 0 bridgehead atoms. The highest BCUT2D eigenvalue weighted by Crippen LogP contribution is 2.12. The number of hydrogen-bond donors (Lipinski definition) is 1. The highest BCUT2D eigenvalue weighted by Gasteiger charge is 2.07. The monoisotopic (exact) mass is 259 g/mol. The lowest BCUT2D eigenvalue weighted by Crippen LogP contribution is -2.13. The predicted octanol–water partition coefficient (Wildman–Crippen LogP) is 2.78. The Morgan fingerprint density at radius 3 is 2.79 bits per heavy atom. The van der Waals surface area contributed by atoms with E-state index in [1.807, 2.05) is 0 Å². The number of hydrogen-bond acceptors (Lipinski definition) is 4. The first-order valence-corrected chi connectivity index (χ1v) is 6.77. The van der Waals surface area contributed by atoms with Crippen LogP contribution in [-0.2, 0) is 13.0 Å². The molecule has 1 aromatic carbocycles. The third kappa shape index (κ3) is 3.89. The summed E-state index contributed by atoms with van der Waals surface area (Å²) in [5.41, 5.74) is 3.82. The largest absolute Gasteiger partial charge is 0.338 e. The number of benzene rings is 1. The molecule has 0 amide bonds. The van der Waals surface area contributed by atoms with Crippen molar-refractivity contribution in [3.05, 3.63) is 46.6 Å². The van der Waals surface area contributed by atoms with Crippen molar-refractivity contribution in [2.45, 2.75) is 40.2 Å². The molecule has 0 aliphatic carbocycles. The summed E-state index contributed by atoms with van der Waals surface area (Å²) in [7, 11) is 0. The summed E-state index contributed by atoms with van der Waals surface area (Å²) in [6.45, 7) is 7.98. The van der Waals surface area contributed by atoms with E-state index in [0.717, 1.165) is 25.2 Å². The lowest BCUT2D eigenvalue weighted by atomic mass is 10.0. The van der Waals surface area contributed by atoms with Crippen molar-refractivity contribution in [3.8, 4) is 0 Å². The van der Waals surface area contributed by atoms with Crippen LogP contribution in [0.2, 0.25) is 0 Å². The molecule has 0 aliphatic rings. The predicted molar refractivity (Wildman–Crippen MR) is 75.0 cm³/mol. The van der Waals surface area contributed by atoms with Gasteiger partial charge in [0.1, 0.15) is 0 Å². The van der Waals surface area contributed by atoms with Crippen LogP contribution in [0.4, 0.5) is 0 Å². The third-order valence-corrected chi connectivity index (χ3v) is 3.15. The van der Waals surface area contributed by atoms with Crippen molar-refractivity contribution in [2.24, 2.45) is 0 Å². The van der Waals surface area contributed by atoms with Crippen LogP contribution in [0.1, 0.15) is 41.8 Å². The normalized spacial score (nSPS) is 10.9. The van der Waals surface area contributed by atoms with Crippen LogP contribution in [0, 0.1) is 13.8 Å². The molecule has 0 saturated heterocycles. The smallest absolute Gasteiger partial charge is 0.240 e. The molecule has 0 aliphatic heterocycles. The van der Waals surface area contributed by atoms with Gasteiger partial charge in [0.25, 0.3) is 0 Å². The van der Waals surface area contributed by atoms with Crippen LogP contribution in [-0.4, -0.2) is 16.7 Å². The van der Waals surface area contributed by atoms with E-state index in [2.05, 4.69) is 54.4 Å². The fourth-order valence-electron chi connectivity index (χ4n) is 1.90. The van der Waals surface area contributed by atoms with Gasteiger partial charge >= 0.3 is 0 Å². The van der Waals surface area contributed by atoms with Gasteiger partial charge < -0.3 is 9.84 Å². The van der Waals surface area contributed by atoms with Gasteiger partial charge in [-0.3, -0.25) is 0 Å². The van der Waals surface area contributed by atoms with Gasteiger partial charge in [-0.05, 0) is 43.5 Å². The molecule has 0 spiro atoms. The van der Waals surface area contributed by atoms with Crippen LogP contribution in [0.25, 0.3) is 0 Å². The summed E-state index contributed by atoms with van der Waals surface area (Å²) in [5, 5.41) is 7.27. The Labute approximate surface area is 114 Å². The summed E-state index contributed by atoms with van der Waals surface area (Å²) in [4.78, 5) is 4.39. The standard InChI is InChI=1S/C15H21N3O/c1-4-7-16-10-15-17-14(18-19-15)9-13-6-5-11(2)12(3)8-13/h5-6,8,16H,4,7,9-10H2,1-3H3. The first kappa shape index (κ1) is 13.7. The Morgan fingerprint density at radius 1 is 1.21 bits per heavy atom. The molecule has 0 radical (unpaired) electrons. The first-order valence-electron chi connectivity index (χ1n) is 6.77. The molecule has 1 aromatic heterocycles. The number of nitrogens with one attached hydrogen (secondary N) is 1. The van der Waals surface area contributed by atoms with E-state index in [0.29, 0.717) is 12.4 Å². The molecule has 0 fully saturated rings. The van der Waals surface area contributed by atoms with Crippen LogP contribution in [0.3, 0.4) is 0 Å². The summed E-state index contributed by atoms with van der Waals surface area (Å²) in [6.07, 6.45) is 1.82. The van der Waals surface area contributed by atoms with E-state index in [1.165, 1.54) is 16.7 Å². The Balaban J connectivity index is 1.97. The molecule has 0 unspecified atom stereocenters. The molecule has 4 nitrogen and oxygen atoms in total. The molecular formula is C15H21N3O. The van der Waals surface area contributed by atoms with E-state index < -0.39 is 0 Å². The van der Waals surface area contributed by atoms with Crippen LogP contribution in [0.5, 0.6) is 0 Å². The summed E-state index contributed by atoms with van der Waals surface area (Å²) in [6, 6.07) is 6.43. The molecule has 4 heteroatoms. The van der Waals surface area contributed by atoms with E-state index in [9.17, 15) is 0 Å². The van der Waals surface area contributed by atoms with Crippen molar-refractivity contribution in [1.82, 2.24) is 15.5 Å². The minimum Gasteiger partial charge on any atom is -0.338 e. The molecule has 2 rings (SSSR count). The Bertz CT molecular complexity index is 534. The Morgan fingerprint density at radius 2 is 2.05 bits per heavy atom. The lowest BCUT2D eigenvalue weighted by Gasteiger charge is -2.02. The zero-order valence-corrected chi connectivity index (χ0v) is 11.9. The van der Waals surface area contributed by atoms with Gasteiger partial charge in [-0.15, -0.1) is 0 Å². The minimum atomic E-state index is 0.647. The minimum absolute atomic E-state index is 0.647. The van der Waals surface area contributed by atoms with Gasteiger partial charge in [-0.1, -0.05) is 30.3 Å². The average molecular weight is 259 g/mol. The van der Waals surface area contributed by atoms with E-state index >= 15 is 0 Å². The fraction of sp³-hybridized carbons (Fsp3) is 0.467. The summed E-state index contributed by atoms with van der Waals surface area (Å²) >= 11 is 0. The Hall–Kier alpha value is -1.68. The van der Waals surface area contributed by atoms with Crippen molar-refractivity contribution in [2.75, 3.05) is 6.54 Å². The van der Waals surface area contributed by atoms with Gasteiger partial charge in [0.2, 0.25) is 5.89 Å². The fourth-order valence-corrected chi connectivity index (χ4v) is 1.90. The maximum atomic E-state index is 5.21. The molecule has 0 atom stereocenters. The zero-order valence-electron chi connectivity index (χ0n) is 11.9. The summed E-state index contributed by atoms with van der Waals surface area (Å²) in [5.74, 6) is 1.41. The maximum absolute atomic E-state index is 5.21. The molecular weight excluding hydrogens is 238 g/mol. The topological polar surface area (TPSA) is 51.0 Å². The molecule has 2 aromatic rings. The van der Waals surface area contributed by atoms with Crippen LogP contribution in [0.15, 0.2) is 22.7 Å². The van der Waals surface area contributed by atoms with Gasteiger partial charge in [0.05, 0.1) is 6.54 Å². The van der Waals surface area contributed by atoms with Gasteiger partial charge in [0, 0.05) is 6.42 Å². The molecule has 102 valence electrons. The molecule has 19 heavy (non-hydrogen) atoms. The molecule has 0 saturated carbocycles. The van der Waals surface area contributed by atoms with Gasteiger partial charge in [-0.25, -0.2) is 0 Å². The summed E-state index contributed by atoms with van der Waals surface area (Å²) < 4.78 is 5.21.